The summed E-state index contributed by atoms with van der Waals surface area (Å²) in [7, 11) is 0. The van der Waals surface area contributed by atoms with Crippen LogP contribution < -0.4 is 11.5 Å². The maximum Gasteiger partial charge on any atom is 0.274 e. The number of rotatable bonds is 3. The zero-order valence-corrected chi connectivity index (χ0v) is 11.0. The number of aromatic nitrogens is 2. The summed E-state index contributed by atoms with van der Waals surface area (Å²) in [5.41, 5.74) is 11.9. The van der Waals surface area contributed by atoms with Crippen LogP contribution in [0.25, 0.3) is 0 Å². The number of hydrogen-bond acceptors (Lipinski definition) is 4. The monoisotopic (exact) mass is 265 g/mol. The van der Waals surface area contributed by atoms with Gasteiger partial charge in [-0.15, -0.1) is 0 Å². The second-order valence-electron chi connectivity index (χ2n) is 4.76. The van der Waals surface area contributed by atoms with E-state index in [2.05, 4.69) is 5.10 Å². The summed E-state index contributed by atoms with van der Waals surface area (Å²) in [6.07, 6.45) is 2.99. The molecule has 0 bridgehead atoms. The summed E-state index contributed by atoms with van der Waals surface area (Å²) in [5.74, 6) is -0.797. The van der Waals surface area contributed by atoms with Crippen molar-refractivity contribution in [2.24, 2.45) is 11.7 Å². The summed E-state index contributed by atoms with van der Waals surface area (Å²) in [6.45, 7) is 3.45. The fourth-order valence-electron chi connectivity index (χ4n) is 2.42. The van der Waals surface area contributed by atoms with Gasteiger partial charge >= 0.3 is 0 Å². The topological polar surface area (TPSA) is 107 Å². The third-order valence-electron chi connectivity index (χ3n) is 3.48. The Balaban J connectivity index is 2.19. The molecule has 1 atom stereocenters. The van der Waals surface area contributed by atoms with Crippen LogP contribution in [0.15, 0.2) is 6.20 Å². The first-order valence-corrected chi connectivity index (χ1v) is 6.44. The summed E-state index contributed by atoms with van der Waals surface area (Å²) in [4.78, 5) is 25.3. The van der Waals surface area contributed by atoms with E-state index in [1.165, 1.54) is 6.20 Å². The molecule has 104 valence electrons. The smallest absolute Gasteiger partial charge is 0.274 e. The highest BCUT2D eigenvalue weighted by Gasteiger charge is 2.30. The van der Waals surface area contributed by atoms with Crippen LogP contribution in [-0.4, -0.2) is 39.6 Å². The quantitative estimate of drug-likeness (QED) is 0.790. The van der Waals surface area contributed by atoms with Crippen LogP contribution in [0.5, 0.6) is 0 Å². The molecule has 1 fully saturated rings. The van der Waals surface area contributed by atoms with E-state index in [9.17, 15) is 9.59 Å². The van der Waals surface area contributed by atoms with Gasteiger partial charge in [0, 0.05) is 19.6 Å². The summed E-state index contributed by atoms with van der Waals surface area (Å²) >= 11 is 0. The summed E-state index contributed by atoms with van der Waals surface area (Å²) < 4.78 is 1.57. The number of likely N-dealkylation sites (tertiary alicyclic amines) is 1. The maximum atomic E-state index is 12.5. The number of amides is 2. The number of nitrogen functional groups attached to an aromatic ring is 1. The van der Waals surface area contributed by atoms with Crippen molar-refractivity contribution < 1.29 is 9.59 Å². The Morgan fingerprint density at radius 2 is 2.26 bits per heavy atom. The van der Waals surface area contributed by atoms with Crippen molar-refractivity contribution in [2.75, 3.05) is 18.8 Å². The fraction of sp³-hybridized carbons (Fsp3) is 0.583. The first-order chi connectivity index (χ1) is 9.04. The van der Waals surface area contributed by atoms with Crippen LogP contribution in [0.2, 0.25) is 0 Å². The number of anilines is 1. The number of piperidine rings is 1. The van der Waals surface area contributed by atoms with E-state index in [-0.39, 0.29) is 17.7 Å². The highest BCUT2D eigenvalue weighted by Crippen LogP contribution is 2.20. The van der Waals surface area contributed by atoms with Gasteiger partial charge in [0.25, 0.3) is 5.91 Å². The van der Waals surface area contributed by atoms with E-state index in [4.69, 9.17) is 11.5 Å². The van der Waals surface area contributed by atoms with Gasteiger partial charge in [-0.25, -0.2) is 0 Å². The van der Waals surface area contributed by atoms with Crippen LogP contribution in [0.4, 0.5) is 5.69 Å². The number of nitrogens with two attached hydrogens (primary N) is 2. The Bertz CT molecular complexity index is 496. The molecule has 0 radical (unpaired) electrons. The highest BCUT2D eigenvalue weighted by atomic mass is 16.2. The molecule has 0 spiro atoms. The van der Waals surface area contributed by atoms with E-state index < -0.39 is 0 Å². The molecule has 2 heterocycles. The molecule has 19 heavy (non-hydrogen) atoms. The minimum atomic E-state index is -0.352. The minimum Gasteiger partial charge on any atom is -0.396 e. The van der Waals surface area contributed by atoms with Crippen molar-refractivity contribution in [3.8, 4) is 0 Å². The lowest BCUT2D eigenvalue weighted by molar-refractivity contribution is -0.123. The SMILES string of the molecule is CCn1ncc(N)c1C(=O)N1CCCC(C(N)=O)C1. The van der Waals surface area contributed by atoms with Crippen molar-refractivity contribution >= 4 is 17.5 Å². The molecule has 1 unspecified atom stereocenters. The van der Waals surface area contributed by atoms with Gasteiger partial charge in [0.15, 0.2) is 0 Å². The van der Waals surface area contributed by atoms with E-state index >= 15 is 0 Å². The Morgan fingerprint density at radius 1 is 1.53 bits per heavy atom. The highest BCUT2D eigenvalue weighted by molar-refractivity contribution is 5.97. The number of carbonyl (C=O) groups is 2. The predicted molar refractivity (Wildman–Crippen MR) is 70.1 cm³/mol. The normalized spacial score (nSPS) is 19.4. The maximum absolute atomic E-state index is 12.5. The standard InChI is InChI=1S/C12H19N5O2/c1-2-17-10(9(13)6-15-17)12(19)16-5-3-4-8(7-16)11(14)18/h6,8H,2-5,7,13H2,1H3,(H2,14,18). The number of carbonyl (C=O) groups excluding carboxylic acids is 2. The van der Waals surface area contributed by atoms with Crippen LogP contribution in [0, 0.1) is 5.92 Å². The lowest BCUT2D eigenvalue weighted by Gasteiger charge is -2.31. The van der Waals surface area contributed by atoms with E-state index in [0.29, 0.717) is 31.0 Å². The second kappa shape index (κ2) is 5.29. The van der Waals surface area contributed by atoms with Gasteiger partial charge in [0.05, 0.1) is 17.8 Å². The van der Waals surface area contributed by atoms with Crippen molar-refractivity contribution in [3.05, 3.63) is 11.9 Å². The lowest BCUT2D eigenvalue weighted by atomic mass is 9.97. The van der Waals surface area contributed by atoms with E-state index in [1.54, 1.807) is 9.58 Å². The molecular weight excluding hydrogens is 246 g/mol. The molecule has 7 nitrogen and oxygen atoms in total. The molecule has 2 amide bonds. The summed E-state index contributed by atoms with van der Waals surface area (Å²) in [5, 5.41) is 4.06. The van der Waals surface area contributed by atoms with Gasteiger partial charge in [-0.05, 0) is 19.8 Å². The van der Waals surface area contributed by atoms with Gasteiger partial charge in [-0.1, -0.05) is 0 Å². The van der Waals surface area contributed by atoms with Gasteiger partial charge in [-0.2, -0.15) is 5.10 Å². The Labute approximate surface area is 111 Å². The van der Waals surface area contributed by atoms with E-state index in [0.717, 1.165) is 12.8 Å². The zero-order valence-electron chi connectivity index (χ0n) is 11.0. The lowest BCUT2D eigenvalue weighted by Crippen LogP contribution is -2.44. The van der Waals surface area contributed by atoms with Gasteiger partial charge < -0.3 is 16.4 Å². The van der Waals surface area contributed by atoms with Crippen LogP contribution >= 0.6 is 0 Å². The molecule has 1 saturated heterocycles. The average molecular weight is 265 g/mol. The first-order valence-electron chi connectivity index (χ1n) is 6.44. The minimum absolute atomic E-state index is 0.178. The third-order valence-corrected chi connectivity index (χ3v) is 3.48. The van der Waals surface area contributed by atoms with E-state index in [1.807, 2.05) is 6.92 Å². The van der Waals surface area contributed by atoms with Gasteiger partial charge in [0.1, 0.15) is 5.69 Å². The average Bonchev–Trinajstić information content (AvgIpc) is 2.79. The van der Waals surface area contributed by atoms with Crippen molar-refractivity contribution in [1.29, 1.82) is 0 Å². The molecule has 0 aromatic carbocycles. The van der Waals surface area contributed by atoms with Gasteiger partial charge in [-0.3, -0.25) is 14.3 Å². The number of primary amides is 1. The molecule has 2 rings (SSSR count). The number of hydrogen-bond donors (Lipinski definition) is 2. The van der Waals surface area contributed by atoms with Gasteiger partial charge in [0.2, 0.25) is 5.91 Å². The zero-order chi connectivity index (χ0) is 14.0. The molecule has 0 saturated carbocycles. The Hall–Kier alpha value is -2.05. The molecule has 7 heteroatoms. The first kappa shape index (κ1) is 13.4. The molecule has 1 aromatic rings. The summed E-state index contributed by atoms with van der Waals surface area (Å²) in [6, 6.07) is 0. The molecule has 1 aliphatic heterocycles. The molecular formula is C12H19N5O2. The van der Waals surface area contributed by atoms with Crippen LogP contribution in [0.3, 0.4) is 0 Å². The second-order valence-corrected chi connectivity index (χ2v) is 4.76. The van der Waals surface area contributed by atoms with Crippen molar-refractivity contribution in [3.63, 3.8) is 0 Å². The number of nitrogens with zero attached hydrogens (tertiary/aromatic N) is 3. The predicted octanol–water partition coefficient (Wildman–Crippen LogP) is -0.177. The molecule has 1 aromatic heterocycles. The Kier molecular flexibility index (Phi) is 3.73. The fourth-order valence-corrected chi connectivity index (χ4v) is 2.42. The van der Waals surface area contributed by atoms with Crippen molar-refractivity contribution in [1.82, 2.24) is 14.7 Å². The largest absolute Gasteiger partial charge is 0.396 e. The van der Waals surface area contributed by atoms with Crippen LogP contribution in [-0.2, 0) is 11.3 Å². The molecule has 4 N–H and O–H groups in total. The Morgan fingerprint density at radius 3 is 2.89 bits per heavy atom. The number of aryl methyl sites for hydroxylation is 1. The molecule has 1 aliphatic rings. The van der Waals surface area contributed by atoms with Crippen molar-refractivity contribution in [2.45, 2.75) is 26.3 Å². The third kappa shape index (κ3) is 2.54. The molecule has 0 aliphatic carbocycles. The van der Waals surface area contributed by atoms with Crippen LogP contribution in [0.1, 0.15) is 30.3 Å².